The fourth-order valence-corrected chi connectivity index (χ4v) is 2.74. The van der Waals surface area contributed by atoms with Crippen LogP contribution in [0.5, 0.6) is 0 Å². The predicted molar refractivity (Wildman–Crippen MR) is 85.8 cm³/mol. The summed E-state index contributed by atoms with van der Waals surface area (Å²) in [6, 6.07) is 0.220. The number of hydrogen-bond donors (Lipinski definition) is 1. The third-order valence-electron chi connectivity index (χ3n) is 3.41. The molecule has 1 unspecified atom stereocenters. The van der Waals surface area contributed by atoms with Gasteiger partial charge in [0.25, 0.3) is 0 Å². The van der Waals surface area contributed by atoms with E-state index in [2.05, 4.69) is 64.8 Å². The second-order valence-corrected chi connectivity index (χ2v) is 8.08. The van der Waals surface area contributed by atoms with Crippen LogP contribution in [0, 0.1) is 5.41 Å². The van der Waals surface area contributed by atoms with Gasteiger partial charge in [0.05, 0.1) is 11.7 Å². The average Bonchev–Trinajstić information content (AvgIpc) is 2.58. The number of aryl methyl sites for hydroxylation is 1. The maximum Gasteiger partial charge on any atom is 0.0726 e. The largest absolute Gasteiger partial charge is 0.329 e. The topological polar surface area (TPSA) is 47.1 Å². The highest BCUT2D eigenvalue weighted by Crippen LogP contribution is 2.31. The summed E-state index contributed by atoms with van der Waals surface area (Å²) in [6.45, 7) is 15.0. The molecule has 1 rings (SSSR count). The van der Waals surface area contributed by atoms with Gasteiger partial charge >= 0.3 is 0 Å². The number of rotatable bonds is 4. The average molecular weight is 280 g/mol. The van der Waals surface area contributed by atoms with Gasteiger partial charge in [-0.3, -0.25) is 9.58 Å². The Bertz CT molecular complexity index is 434. The zero-order valence-electron chi connectivity index (χ0n) is 14.5. The highest BCUT2D eigenvalue weighted by atomic mass is 15.3. The summed E-state index contributed by atoms with van der Waals surface area (Å²) < 4.78 is 1.91. The molecule has 1 heterocycles. The van der Waals surface area contributed by atoms with E-state index >= 15 is 0 Å². The molecule has 0 aliphatic rings. The van der Waals surface area contributed by atoms with Gasteiger partial charge in [-0.1, -0.05) is 41.5 Å². The van der Waals surface area contributed by atoms with Gasteiger partial charge in [0.1, 0.15) is 0 Å². The van der Waals surface area contributed by atoms with Gasteiger partial charge in [-0.25, -0.2) is 0 Å². The Hall–Kier alpha value is -0.870. The molecule has 0 aliphatic heterocycles. The van der Waals surface area contributed by atoms with E-state index in [1.807, 2.05) is 11.7 Å². The van der Waals surface area contributed by atoms with Crippen LogP contribution in [-0.2, 0) is 12.5 Å². The molecule has 0 aliphatic carbocycles. The number of likely N-dealkylation sites (N-methyl/N-ethyl adjacent to an activating group) is 1. The van der Waals surface area contributed by atoms with E-state index in [0.29, 0.717) is 6.54 Å². The summed E-state index contributed by atoms with van der Waals surface area (Å²) in [5.41, 5.74) is 8.77. The Morgan fingerprint density at radius 3 is 2.20 bits per heavy atom. The van der Waals surface area contributed by atoms with Crippen molar-refractivity contribution in [3.63, 3.8) is 0 Å². The molecule has 4 heteroatoms. The van der Waals surface area contributed by atoms with Crippen molar-refractivity contribution in [1.82, 2.24) is 14.7 Å². The quantitative estimate of drug-likeness (QED) is 0.922. The third-order valence-corrected chi connectivity index (χ3v) is 3.41. The van der Waals surface area contributed by atoms with E-state index < -0.39 is 0 Å². The fraction of sp³-hybridized carbons (Fsp3) is 0.812. The summed E-state index contributed by atoms with van der Waals surface area (Å²) >= 11 is 0. The first-order chi connectivity index (χ1) is 8.95. The maximum atomic E-state index is 6.07. The second kappa shape index (κ2) is 5.86. The third kappa shape index (κ3) is 4.32. The van der Waals surface area contributed by atoms with Crippen LogP contribution in [0.25, 0.3) is 0 Å². The summed E-state index contributed by atoms with van der Waals surface area (Å²) in [5.74, 6) is 0. The van der Waals surface area contributed by atoms with Gasteiger partial charge in [0.15, 0.2) is 0 Å². The number of nitrogens with zero attached hydrogens (tertiary/aromatic N) is 3. The molecule has 0 fully saturated rings. The molecule has 2 N–H and O–H groups in total. The lowest BCUT2D eigenvalue weighted by molar-refractivity contribution is 0.174. The van der Waals surface area contributed by atoms with E-state index in [1.54, 1.807) is 0 Å². The zero-order valence-corrected chi connectivity index (χ0v) is 14.5. The molecule has 0 spiro atoms. The van der Waals surface area contributed by atoms with Crippen molar-refractivity contribution in [3.8, 4) is 0 Å². The van der Waals surface area contributed by atoms with E-state index in [1.165, 1.54) is 5.56 Å². The van der Waals surface area contributed by atoms with Gasteiger partial charge in [-0.2, -0.15) is 5.10 Å². The van der Waals surface area contributed by atoms with Crippen molar-refractivity contribution in [1.29, 1.82) is 0 Å². The van der Waals surface area contributed by atoms with Crippen molar-refractivity contribution in [2.45, 2.75) is 53.0 Å². The molecular weight excluding hydrogens is 248 g/mol. The van der Waals surface area contributed by atoms with E-state index in [4.69, 9.17) is 5.73 Å². The Balaban J connectivity index is 3.13. The van der Waals surface area contributed by atoms with Gasteiger partial charge in [-0.15, -0.1) is 0 Å². The van der Waals surface area contributed by atoms with Gasteiger partial charge < -0.3 is 5.73 Å². The van der Waals surface area contributed by atoms with Crippen LogP contribution in [-0.4, -0.2) is 34.8 Å². The van der Waals surface area contributed by atoms with Crippen molar-refractivity contribution in [2.75, 3.05) is 20.1 Å². The number of nitrogens with two attached hydrogens (primary N) is 1. The summed E-state index contributed by atoms with van der Waals surface area (Å²) in [4.78, 5) is 2.35. The van der Waals surface area contributed by atoms with Crippen LogP contribution >= 0.6 is 0 Å². The minimum Gasteiger partial charge on any atom is -0.329 e. The predicted octanol–water partition coefficient (Wildman–Crippen LogP) is 2.70. The molecule has 4 nitrogen and oxygen atoms in total. The Kier molecular flexibility index (Phi) is 5.03. The normalized spacial score (nSPS) is 14.9. The second-order valence-electron chi connectivity index (χ2n) is 8.08. The van der Waals surface area contributed by atoms with E-state index in [-0.39, 0.29) is 16.9 Å². The van der Waals surface area contributed by atoms with Gasteiger partial charge in [0.2, 0.25) is 0 Å². The zero-order chi connectivity index (χ0) is 15.7. The number of aromatic nitrogens is 2. The molecule has 0 saturated carbocycles. The molecule has 1 aromatic rings. The highest BCUT2D eigenvalue weighted by Gasteiger charge is 2.29. The Labute approximate surface area is 124 Å². The smallest absolute Gasteiger partial charge is 0.0726 e. The minimum atomic E-state index is 0.0343. The minimum absolute atomic E-state index is 0.0343. The molecule has 1 atom stereocenters. The SMILES string of the molecule is CN(CC(C)(C)C)C(CN)c1cn(C)nc1C(C)(C)C. The summed E-state index contributed by atoms with van der Waals surface area (Å²) in [5, 5.41) is 4.66. The lowest BCUT2D eigenvalue weighted by Gasteiger charge is -2.33. The van der Waals surface area contributed by atoms with Gasteiger partial charge in [-0.05, 0) is 12.5 Å². The van der Waals surface area contributed by atoms with Crippen molar-refractivity contribution in [3.05, 3.63) is 17.5 Å². The summed E-state index contributed by atoms with van der Waals surface area (Å²) in [7, 11) is 4.14. The maximum absolute atomic E-state index is 6.07. The highest BCUT2D eigenvalue weighted by molar-refractivity contribution is 5.27. The van der Waals surface area contributed by atoms with E-state index in [0.717, 1.165) is 12.2 Å². The van der Waals surface area contributed by atoms with Crippen LogP contribution in [0.1, 0.15) is 58.8 Å². The lowest BCUT2D eigenvalue weighted by Crippen LogP contribution is -2.37. The van der Waals surface area contributed by atoms with Gasteiger partial charge in [0, 0.05) is 37.3 Å². The molecule has 0 saturated heterocycles. The first-order valence-corrected chi connectivity index (χ1v) is 7.40. The fourth-order valence-electron chi connectivity index (χ4n) is 2.74. The molecule has 1 aromatic heterocycles. The lowest BCUT2D eigenvalue weighted by atomic mass is 9.86. The van der Waals surface area contributed by atoms with Crippen molar-refractivity contribution in [2.24, 2.45) is 18.2 Å². The molecule has 0 amide bonds. The van der Waals surface area contributed by atoms with Crippen LogP contribution in [0.4, 0.5) is 0 Å². The monoisotopic (exact) mass is 280 g/mol. The van der Waals surface area contributed by atoms with Crippen LogP contribution in [0.3, 0.4) is 0 Å². The van der Waals surface area contributed by atoms with Crippen LogP contribution < -0.4 is 5.73 Å². The Morgan fingerprint density at radius 1 is 1.25 bits per heavy atom. The first-order valence-electron chi connectivity index (χ1n) is 7.40. The molecule has 116 valence electrons. The Morgan fingerprint density at radius 2 is 1.80 bits per heavy atom. The van der Waals surface area contributed by atoms with Crippen molar-refractivity contribution >= 4 is 0 Å². The summed E-state index contributed by atoms with van der Waals surface area (Å²) in [6.07, 6.45) is 2.12. The van der Waals surface area contributed by atoms with Crippen LogP contribution in [0.15, 0.2) is 6.20 Å². The number of hydrogen-bond acceptors (Lipinski definition) is 3. The molecule has 20 heavy (non-hydrogen) atoms. The van der Waals surface area contributed by atoms with Crippen LogP contribution in [0.2, 0.25) is 0 Å². The standard InChI is InChI=1S/C16H32N4/c1-15(2,3)11-19(7)13(9-17)12-10-20(8)18-14(12)16(4,5)6/h10,13H,9,11,17H2,1-8H3. The first kappa shape index (κ1) is 17.2. The molecule has 0 aromatic carbocycles. The van der Waals surface area contributed by atoms with E-state index in [9.17, 15) is 0 Å². The molecular formula is C16H32N4. The van der Waals surface area contributed by atoms with Crippen molar-refractivity contribution < 1.29 is 0 Å². The molecule has 0 bridgehead atoms. The molecule has 0 radical (unpaired) electrons.